The molecule has 156 valence electrons. The van der Waals surface area contributed by atoms with Crippen molar-refractivity contribution in [2.45, 2.75) is 58.0 Å². The standard InChI is InChI=1S/C21H32FN3O3/c1-21(2,3)25-19(26)13-23-17-7-5-14(6-8-17)12-24-20(27)15-9-16(22)11-18(10-15)28-4/h9-11,14,17,23H,5-8,12-13H2,1-4H3,(H,24,27)(H,25,26)/t14-,17-. The van der Waals surface area contributed by atoms with Crippen molar-refractivity contribution in [2.24, 2.45) is 5.92 Å². The van der Waals surface area contributed by atoms with Crippen molar-refractivity contribution in [3.05, 3.63) is 29.6 Å². The van der Waals surface area contributed by atoms with Gasteiger partial charge in [-0.2, -0.15) is 0 Å². The van der Waals surface area contributed by atoms with Crippen LogP contribution in [-0.2, 0) is 4.79 Å². The quantitative estimate of drug-likeness (QED) is 0.665. The number of hydrogen-bond acceptors (Lipinski definition) is 4. The Morgan fingerprint density at radius 2 is 1.82 bits per heavy atom. The van der Waals surface area contributed by atoms with Gasteiger partial charge in [0.15, 0.2) is 0 Å². The Bertz CT molecular complexity index is 680. The Kier molecular flexibility index (Phi) is 7.80. The van der Waals surface area contributed by atoms with Crippen LogP contribution in [0.15, 0.2) is 18.2 Å². The van der Waals surface area contributed by atoms with Crippen LogP contribution in [-0.4, -0.2) is 43.6 Å². The summed E-state index contributed by atoms with van der Waals surface area (Å²) in [7, 11) is 1.44. The van der Waals surface area contributed by atoms with Crippen molar-refractivity contribution < 1.29 is 18.7 Å². The second kappa shape index (κ2) is 9.87. The molecule has 7 heteroatoms. The van der Waals surface area contributed by atoms with Crippen LogP contribution in [0.4, 0.5) is 4.39 Å². The number of halogens is 1. The van der Waals surface area contributed by atoms with E-state index in [2.05, 4.69) is 16.0 Å². The van der Waals surface area contributed by atoms with E-state index in [0.29, 0.717) is 30.8 Å². The summed E-state index contributed by atoms with van der Waals surface area (Å²) in [5, 5.41) is 9.15. The smallest absolute Gasteiger partial charge is 0.251 e. The first-order chi connectivity index (χ1) is 13.2. The van der Waals surface area contributed by atoms with Crippen LogP contribution in [0.25, 0.3) is 0 Å². The molecule has 0 atom stereocenters. The molecular formula is C21H32FN3O3. The third kappa shape index (κ3) is 7.46. The molecule has 0 heterocycles. The molecule has 0 unspecified atom stereocenters. The van der Waals surface area contributed by atoms with Gasteiger partial charge in [-0.25, -0.2) is 4.39 Å². The third-order valence-electron chi connectivity index (χ3n) is 4.83. The molecule has 1 aromatic rings. The van der Waals surface area contributed by atoms with E-state index in [1.165, 1.54) is 25.3 Å². The van der Waals surface area contributed by atoms with E-state index in [1.807, 2.05) is 20.8 Å². The summed E-state index contributed by atoms with van der Waals surface area (Å²) in [5.41, 5.74) is 0.0393. The lowest BCUT2D eigenvalue weighted by molar-refractivity contribution is -0.121. The van der Waals surface area contributed by atoms with Crippen molar-refractivity contribution in [1.82, 2.24) is 16.0 Å². The van der Waals surface area contributed by atoms with Gasteiger partial charge >= 0.3 is 0 Å². The third-order valence-corrected chi connectivity index (χ3v) is 4.83. The maximum atomic E-state index is 13.5. The lowest BCUT2D eigenvalue weighted by Crippen LogP contribution is -2.47. The minimum atomic E-state index is -0.494. The molecule has 1 saturated carbocycles. The van der Waals surface area contributed by atoms with Gasteiger partial charge in [0, 0.05) is 29.8 Å². The second-order valence-electron chi connectivity index (χ2n) is 8.49. The SMILES string of the molecule is COc1cc(F)cc(C(=O)NC[C@H]2CC[C@H](NCC(=O)NC(C)(C)C)CC2)c1. The van der Waals surface area contributed by atoms with E-state index < -0.39 is 5.82 Å². The van der Waals surface area contributed by atoms with Crippen LogP contribution in [0, 0.1) is 11.7 Å². The van der Waals surface area contributed by atoms with Crippen molar-refractivity contribution in [2.75, 3.05) is 20.2 Å². The summed E-state index contributed by atoms with van der Waals surface area (Å²) in [6.45, 7) is 6.78. The summed E-state index contributed by atoms with van der Waals surface area (Å²) in [6, 6.07) is 4.31. The fraction of sp³-hybridized carbons (Fsp3) is 0.619. The summed E-state index contributed by atoms with van der Waals surface area (Å²) in [6.07, 6.45) is 3.89. The highest BCUT2D eigenvalue weighted by Gasteiger charge is 2.23. The first kappa shape index (κ1) is 22.1. The number of rotatable bonds is 7. The number of nitrogens with one attached hydrogen (secondary N) is 3. The first-order valence-electron chi connectivity index (χ1n) is 9.83. The number of methoxy groups -OCH3 is 1. The molecule has 1 aliphatic carbocycles. The minimum absolute atomic E-state index is 0.00686. The van der Waals surface area contributed by atoms with Gasteiger partial charge in [0.05, 0.1) is 13.7 Å². The largest absolute Gasteiger partial charge is 0.497 e. The molecule has 6 nitrogen and oxygen atoms in total. The van der Waals surface area contributed by atoms with Crippen LogP contribution >= 0.6 is 0 Å². The summed E-state index contributed by atoms with van der Waals surface area (Å²) < 4.78 is 18.5. The zero-order valence-corrected chi connectivity index (χ0v) is 17.2. The Morgan fingerprint density at radius 1 is 1.14 bits per heavy atom. The average molecular weight is 394 g/mol. The summed E-state index contributed by atoms with van der Waals surface area (Å²) in [4.78, 5) is 24.2. The summed E-state index contributed by atoms with van der Waals surface area (Å²) in [5.74, 6) is -0.0658. The lowest BCUT2D eigenvalue weighted by atomic mass is 9.86. The number of benzene rings is 1. The van der Waals surface area contributed by atoms with Crippen LogP contribution in [0.2, 0.25) is 0 Å². The number of ether oxygens (including phenoxy) is 1. The Morgan fingerprint density at radius 3 is 2.43 bits per heavy atom. The molecule has 0 bridgehead atoms. The van der Waals surface area contributed by atoms with Crippen LogP contribution < -0.4 is 20.7 Å². The van der Waals surface area contributed by atoms with Crippen molar-refractivity contribution in [3.63, 3.8) is 0 Å². The molecule has 3 N–H and O–H groups in total. The number of carbonyl (C=O) groups excluding carboxylic acids is 2. The molecule has 0 aliphatic heterocycles. The molecule has 2 rings (SSSR count). The molecule has 0 spiro atoms. The van der Waals surface area contributed by atoms with Crippen LogP contribution in [0.1, 0.15) is 56.8 Å². The van der Waals surface area contributed by atoms with Crippen LogP contribution in [0.5, 0.6) is 5.75 Å². The van der Waals surface area contributed by atoms with E-state index in [4.69, 9.17) is 4.74 Å². The van der Waals surface area contributed by atoms with E-state index in [1.54, 1.807) is 0 Å². The Labute approximate surface area is 166 Å². The summed E-state index contributed by atoms with van der Waals surface area (Å²) >= 11 is 0. The van der Waals surface area contributed by atoms with Gasteiger partial charge in [-0.1, -0.05) is 0 Å². The fourth-order valence-corrected chi connectivity index (χ4v) is 3.42. The maximum absolute atomic E-state index is 13.5. The number of carbonyl (C=O) groups is 2. The highest BCUT2D eigenvalue weighted by Crippen LogP contribution is 2.24. The van der Waals surface area contributed by atoms with Gasteiger partial charge in [0.25, 0.3) is 5.91 Å². The highest BCUT2D eigenvalue weighted by atomic mass is 19.1. The molecule has 0 saturated heterocycles. The van der Waals surface area contributed by atoms with Gasteiger partial charge in [0.2, 0.25) is 5.91 Å². The lowest BCUT2D eigenvalue weighted by Gasteiger charge is -2.29. The molecule has 2 amide bonds. The van der Waals surface area contributed by atoms with Gasteiger partial charge in [-0.3, -0.25) is 9.59 Å². The maximum Gasteiger partial charge on any atom is 0.251 e. The van der Waals surface area contributed by atoms with Gasteiger partial charge in [-0.05, 0) is 64.5 Å². The Balaban J connectivity index is 1.70. The van der Waals surface area contributed by atoms with Crippen molar-refractivity contribution in [3.8, 4) is 5.75 Å². The predicted octanol–water partition coefficient (Wildman–Crippen LogP) is 2.63. The molecule has 1 aromatic carbocycles. The molecular weight excluding hydrogens is 361 g/mol. The monoisotopic (exact) mass is 393 g/mol. The minimum Gasteiger partial charge on any atom is -0.497 e. The zero-order chi connectivity index (χ0) is 20.7. The molecule has 1 fully saturated rings. The van der Waals surface area contributed by atoms with E-state index in [9.17, 15) is 14.0 Å². The predicted molar refractivity (Wildman–Crippen MR) is 107 cm³/mol. The van der Waals surface area contributed by atoms with Crippen molar-refractivity contribution >= 4 is 11.8 Å². The fourth-order valence-electron chi connectivity index (χ4n) is 3.42. The number of amides is 2. The molecule has 28 heavy (non-hydrogen) atoms. The topological polar surface area (TPSA) is 79.5 Å². The highest BCUT2D eigenvalue weighted by molar-refractivity contribution is 5.94. The van der Waals surface area contributed by atoms with Gasteiger partial charge in [-0.15, -0.1) is 0 Å². The van der Waals surface area contributed by atoms with E-state index >= 15 is 0 Å². The van der Waals surface area contributed by atoms with Crippen molar-refractivity contribution in [1.29, 1.82) is 0 Å². The first-order valence-corrected chi connectivity index (χ1v) is 9.83. The van der Waals surface area contributed by atoms with Gasteiger partial charge < -0.3 is 20.7 Å². The molecule has 0 aromatic heterocycles. The molecule has 1 aliphatic rings. The molecule has 0 radical (unpaired) electrons. The van der Waals surface area contributed by atoms with E-state index in [0.717, 1.165) is 25.7 Å². The second-order valence-corrected chi connectivity index (χ2v) is 8.49. The van der Waals surface area contributed by atoms with Crippen LogP contribution in [0.3, 0.4) is 0 Å². The number of hydrogen-bond donors (Lipinski definition) is 3. The van der Waals surface area contributed by atoms with E-state index in [-0.39, 0.29) is 22.9 Å². The van der Waals surface area contributed by atoms with Gasteiger partial charge in [0.1, 0.15) is 11.6 Å². The zero-order valence-electron chi connectivity index (χ0n) is 17.2. The Hall–Kier alpha value is -2.15. The average Bonchev–Trinajstić information content (AvgIpc) is 2.63. The normalized spacial score (nSPS) is 19.8.